The summed E-state index contributed by atoms with van der Waals surface area (Å²) < 4.78 is 28.8. The SMILES string of the molecule is COc1ccc(C2=CN3C(=O)c4cc(OC)c(OCCCOc5cc6c(cc5OC)C(=O)N5C=C(c7cccc(N)c7)CC5C=[NH+]6)cc4N=CC3C2)cc1. The van der Waals surface area contributed by atoms with Gasteiger partial charge in [0, 0.05) is 55.7 Å². The molecule has 4 aliphatic heterocycles. The average molecular weight is 727 g/mol. The Morgan fingerprint density at radius 3 is 2.07 bits per heavy atom. The summed E-state index contributed by atoms with van der Waals surface area (Å²) in [5.41, 5.74) is 12.9. The van der Waals surface area contributed by atoms with E-state index in [0.717, 1.165) is 28.0 Å². The van der Waals surface area contributed by atoms with Crippen LogP contribution in [0.1, 0.15) is 51.1 Å². The van der Waals surface area contributed by atoms with Crippen molar-refractivity contribution in [2.24, 2.45) is 4.99 Å². The number of hydrogen-bond donors (Lipinski definition) is 2. The number of ether oxygens (including phenoxy) is 5. The Hall–Kier alpha value is -6.56. The molecule has 0 spiro atoms. The van der Waals surface area contributed by atoms with Gasteiger partial charge in [-0.15, -0.1) is 0 Å². The zero-order valence-corrected chi connectivity index (χ0v) is 30.2. The molecule has 274 valence electrons. The number of nitrogens with one attached hydrogen (secondary N) is 1. The molecule has 0 saturated heterocycles. The number of nitrogens with zero attached hydrogens (tertiary/aromatic N) is 3. The topological polar surface area (TPSA) is 139 Å². The lowest BCUT2D eigenvalue weighted by Crippen LogP contribution is -2.63. The van der Waals surface area contributed by atoms with E-state index >= 15 is 0 Å². The average Bonchev–Trinajstić information content (AvgIpc) is 3.78. The van der Waals surface area contributed by atoms with Crippen molar-refractivity contribution >= 4 is 52.5 Å². The maximum atomic E-state index is 13.7. The van der Waals surface area contributed by atoms with E-state index in [4.69, 9.17) is 34.4 Å². The number of rotatable bonds is 11. The number of benzene rings is 4. The van der Waals surface area contributed by atoms with Crippen LogP contribution in [0.15, 0.2) is 90.2 Å². The summed E-state index contributed by atoms with van der Waals surface area (Å²) in [5, 5.41) is 0. The molecule has 2 amide bonds. The fraction of sp³-hybridized carbons (Fsp3) is 0.238. The van der Waals surface area contributed by atoms with Crippen LogP contribution in [0.3, 0.4) is 0 Å². The number of fused-ring (bicyclic) bond motifs is 4. The van der Waals surface area contributed by atoms with Crippen LogP contribution in [-0.4, -0.2) is 80.7 Å². The Morgan fingerprint density at radius 2 is 1.37 bits per heavy atom. The molecule has 2 atom stereocenters. The Kier molecular flexibility index (Phi) is 9.24. The third kappa shape index (κ3) is 6.51. The van der Waals surface area contributed by atoms with Gasteiger partial charge in [0.1, 0.15) is 17.4 Å². The Bertz CT molecular complexity index is 2260. The minimum Gasteiger partial charge on any atom is -0.497 e. The van der Waals surface area contributed by atoms with Crippen LogP contribution in [0.5, 0.6) is 28.7 Å². The first-order valence-corrected chi connectivity index (χ1v) is 17.7. The van der Waals surface area contributed by atoms with E-state index in [1.54, 1.807) is 55.4 Å². The number of hydrogen-bond acceptors (Lipinski definition) is 9. The van der Waals surface area contributed by atoms with Gasteiger partial charge in [-0.2, -0.15) is 0 Å². The highest BCUT2D eigenvalue weighted by Gasteiger charge is 2.37. The largest absolute Gasteiger partial charge is 0.497 e. The lowest BCUT2D eigenvalue weighted by atomic mass is 10.0. The molecular formula is C42H40N5O7+. The van der Waals surface area contributed by atoms with E-state index in [-0.39, 0.29) is 23.9 Å². The second kappa shape index (κ2) is 14.5. The third-order valence-corrected chi connectivity index (χ3v) is 10.0. The first kappa shape index (κ1) is 34.5. The van der Waals surface area contributed by atoms with Crippen molar-refractivity contribution in [3.05, 3.63) is 107 Å². The molecule has 2 unspecified atom stereocenters. The van der Waals surface area contributed by atoms with E-state index in [1.165, 1.54) is 0 Å². The van der Waals surface area contributed by atoms with Gasteiger partial charge in [0.2, 0.25) is 5.69 Å². The smallest absolute Gasteiger partial charge is 0.265 e. The molecule has 12 heteroatoms. The van der Waals surface area contributed by atoms with Gasteiger partial charge in [0.05, 0.1) is 57.9 Å². The minimum atomic E-state index is -0.201. The fourth-order valence-electron chi connectivity index (χ4n) is 7.17. The third-order valence-electron chi connectivity index (χ3n) is 10.0. The van der Waals surface area contributed by atoms with Gasteiger partial charge in [-0.1, -0.05) is 24.3 Å². The number of anilines is 1. The van der Waals surface area contributed by atoms with E-state index in [2.05, 4.69) is 4.99 Å². The molecule has 12 nitrogen and oxygen atoms in total. The highest BCUT2D eigenvalue weighted by molar-refractivity contribution is 6.06. The van der Waals surface area contributed by atoms with Gasteiger partial charge in [0.25, 0.3) is 11.8 Å². The van der Waals surface area contributed by atoms with Gasteiger partial charge in [0.15, 0.2) is 29.2 Å². The van der Waals surface area contributed by atoms with E-state index < -0.39 is 0 Å². The molecule has 0 saturated carbocycles. The highest BCUT2D eigenvalue weighted by atomic mass is 16.5. The predicted octanol–water partition coefficient (Wildman–Crippen LogP) is 5.17. The normalized spacial score (nSPS) is 18.1. The molecule has 0 radical (unpaired) electrons. The van der Waals surface area contributed by atoms with Crippen LogP contribution in [-0.2, 0) is 0 Å². The number of carbonyl (C=O) groups excluding carboxylic acids is 2. The molecule has 8 rings (SSSR count). The molecule has 0 fully saturated rings. The summed E-state index contributed by atoms with van der Waals surface area (Å²) in [6.45, 7) is 0.628. The van der Waals surface area contributed by atoms with E-state index in [1.807, 2.05) is 73.4 Å². The van der Waals surface area contributed by atoms with Crippen molar-refractivity contribution in [2.75, 3.05) is 40.3 Å². The quantitative estimate of drug-likeness (QED) is 0.160. The second-order valence-electron chi connectivity index (χ2n) is 13.3. The number of carbonyl (C=O) groups is 2. The van der Waals surface area contributed by atoms with Crippen LogP contribution in [0.4, 0.5) is 17.1 Å². The molecule has 4 aromatic carbocycles. The van der Waals surface area contributed by atoms with Gasteiger partial charge in [-0.05, 0) is 52.6 Å². The van der Waals surface area contributed by atoms with Crippen LogP contribution >= 0.6 is 0 Å². The number of amides is 2. The molecule has 0 bridgehead atoms. The monoisotopic (exact) mass is 726 g/mol. The maximum Gasteiger partial charge on any atom is 0.265 e. The number of aliphatic imine (C=N–C) groups is 1. The fourth-order valence-corrected chi connectivity index (χ4v) is 7.17. The minimum absolute atomic E-state index is 0.135. The first-order chi connectivity index (χ1) is 26.3. The molecule has 3 N–H and O–H groups in total. The van der Waals surface area contributed by atoms with Crippen molar-refractivity contribution in [1.29, 1.82) is 0 Å². The summed E-state index contributed by atoms with van der Waals surface area (Å²) in [5.74, 6) is 2.35. The predicted molar refractivity (Wildman–Crippen MR) is 205 cm³/mol. The molecular weight excluding hydrogens is 686 g/mol. The van der Waals surface area contributed by atoms with Crippen molar-refractivity contribution in [3.63, 3.8) is 0 Å². The van der Waals surface area contributed by atoms with Gasteiger partial charge < -0.3 is 39.2 Å². The van der Waals surface area contributed by atoms with Crippen molar-refractivity contribution in [1.82, 2.24) is 9.80 Å². The molecule has 4 aromatic rings. The first-order valence-electron chi connectivity index (χ1n) is 17.7. The number of nitrogens with two attached hydrogens (primary N) is 1. The van der Waals surface area contributed by atoms with Crippen molar-refractivity contribution in [3.8, 4) is 28.7 Å². The Labute approximate surface area is 312 Å². The van der Waals surface area contributed by atoms with Gasteiger partial charge in [-0.3, -0.25) is 14.6 Å². The van der Waals surface area contributed by atoms with E-state index in [9.17, 15) is 9.59 Å². The second-order valence-corrected chi connectivity index (χ2v) is 13.3. The summed E-state index contributed by atoms with van der Waals surface area (Å²) >= 11 is 0. The molecule has 4 aliphatic rings. The molecule has 0 aromatic heterocycles. The molecule has 0 aliphatic carbocycles. The summed E-state index contributed by atoms with van der Waals surface area (Å²) in [6, 6.07) is 22.1. The van der Waals surface area contributed by atoms with Crippen molar-refractivity contribution < 1.29 is 38.3 Å². The summed E-state index contributed by atoms with van der Waals surface area (Å²) in [7, 11) is 4.73. The zero-order chi connectivity index (χ0) is 37.3. The lowest BCUT2D eigenvalue weighted by molar-refractivity contribution is -0.349. The standard InChI is InChI=1S/C42H39N5O7/c1-50-32-10-8-25(9-11-32)27-15-30-21-44-35-19-39(37(51-2)17-33(35)41(48)46(30)23-27)53-12-5-13-54-40-20-36-34(18-38(40)52-3)42(49)47-24-28(16-31(47)22-45-36)26-6-4-7-29(43)14-26/h4,6-11,14,17-24,30-31H,5,12-13,15-16,43H2,1-3H3/p+1. The lowest BCUT2D eigenvalue weighted by Gasteiger charge is -2.19. The maximum absolute atomic E-state index is 13.7. The van der Waals surface area contributed by atoms with Crippen LogP contribution in [0.25, 0.3) is 11.1 Å². The number of methoxy groups -OCH3 is 3. The summed E-state index contributed by atoms with van der Waals surface area (Å²) in [6.07, 6.45) is 9.38. The van der Waals surface area contributed by atoms with E-state index in [0.29, 0.717) is 83.7 Å². The Morgan fingerprint density at radius 1 is 0.722 bits per heavy atom. The van der Waals surface area contributed by atoms with Crippen molar-refractivity contribution in [2.45, 2.75) is 31.3 Å². The van der Waals surface area contributed by atoms with Crippen LogP contribution in [0.2, 0.25) is 0 Å². The Balaban J connectivity index is 0.911. The summed E-state index contributed by atoms with van der Waals surface area (Å²) in [4.78, 5) is 39.0. The highest BCUT2D eigenvalue weighted by Crippen LogP contribution is 2.41. The van der Waals surface area contributed by atoms with Crippen LogP contribution in [0, 0.1) is 0 Å². The van der Waals surface area contributed by atoms with Gasteiger partial charge >= 0.3 is 0 Å². The molecule has 4 heterocycles. The van der Waals surface area contributed by atoms with Gasteiger partial charge in [-0.25, -0.2) is 4.99 Å². The zero-order valence-electron chi connectivity index (χ0n) is 30.2. The molecule has 54 heavy (non-hydrogen) atoms. The number of nitrogen functional groups attached to an aromatic ring is 1. The van der Waals surface area contributed by atoms with Crippen LogP contribution < -0.4 is 34.4 Å².